The average Bonchev–Trinajstić information content (AvgIpc) is 3.77. The number of amides is 5. The molecule has 7 rings (SSSR count). The van der Waals surface area contributed by atoms with Crippen molar-refractivity contribution >= 4 is 63.6 Å². The molecule has 4 aliphatic rings. The predicted octanol–water partition coefficient (Wildman–Crippen LogP) is 4.30. The zero-order valence-corrected chi connectivity index (χ0v) is 32.2. The molecule has 2 aromatic carbocycles. The second kappa shape index (κ2) is 18.0. The number of carbonyl (C=O) groups excluding carboxylic acids is 5. The Kier molecular flexibility index (Phi) is 12.6. The summed E-state index contributed by atoms with van der Waals surface area (Å²) in [5, 5.41) is 12.3. The maximum absolute atomic E-state index is 14.9. The minimum atomic E-state index is -1.00. The van der Waals surface area contributed by atoms with Crippen molar-refractivity contribution in [2.24, 2.45) is 0 Å². The molecule has 3 aromatic rings. The van der Waals surface area contributed by atoms with Crippen LogP contribution in [-0.2, 0) is 20.1 Å². The van der Waals surface area contributed by atoms with Crippen LogP contribution < -0.4 is 26.8 Å². The highest BCUT2D eigenvalue weighted by Gasteiger charge is 2.45. The van der Waals surface area contributed by atoms with E-state index in [9.17, 15) is 33.2 Å². The number of nitrogens with zero attached hydrogens (tertiary/aromatic N) is 3. The van der Waals surface area contributed by atoms with Gasteiger partial charge in [-0.25, -0.2) is 9.37 Å². The van der Waals surface area contributed by atoms with Crippen LogP contribution in [0, 0.1) is 5.82 Å². The summed E-state index contributed by atoms with van der Waals surface area (Å²) in [6.07, 6.45) is 9.97. The number of carbonyl (C=O) groups is 5. The smallest absolute Gasteiger partial charge is 0.264 e. The van der Waals surface area contributed by atoms with Crippen molar-refractivity contribution in [2.75, 3.05) is 43.4 Å². The molecule has 5 N–H and O–H groups in total. The first-order valence-electron chi connectivity index (χ1n) is 19.8. The highest BCUT2D eigenvalue weighted by molar-refractivity contribution is 7.99. The van der Waals surface area contributed by atoms with Crippen LogP contribution >= 0.6 is 11.8 Å². The number of likely N-dealkylation sites (tertiary alicyclic amines) is 1. The fourth-order valence-electron chi connectivity index (χ4n) is 8.14. The second-order valence-corrected chi connectivity index (χ2v) is 16.4. The summed E-state index contributed by atoms with van der Waals surface area (Å²) in [4.78, 5) is 86.2. The minimum absolute atomic E-state index is 0.00762. The third kappa shape index (κ3) is 9.23. The maximum atomic E-state index is 14.9. The molecule has 2 saturated heterocycles. The topological polar surface area (TPSA) is 186 Å². The van der Waals surface area contributed by atoms with Gasteiger partial charge in [-0.05, 0) is 82.3 Å². The van der Waals surface area contributed by atoms with Gasteiger partial charge in [0.05, 0.1) is 28.9 Å². The van der Waals surface area contributed by atoms with Gasteiger partial charge in [0.1, 0.15) is 23.1 Å². The van der Waals surface area contributed by atoms with Crippen molar-refractivity contribution in [2.45, 2.75) is 100 Å². The Labute approximate surface area is 328 Å². The number of benzene rings is 2. The summed E-state index contributed by atoms with van der Waals surface area (Å²) >= 11 is 1.73. The highest BCUT2D eigenvalue weighted by Crippen LogP contribution is 2.33. The summed E-state index contributed by atoms with van der Waals surface area (Å²) in [6.45, 7) is 3.15. The van der Waals surface area contributed by atoms with Crippen molar-refractivity contribution in [3.05, 3.63) is 63.5 Å². The fraction of sp³-hybridized carbons (Fsp3) is 0.525. The number of aromatic nitrogens is 2. The van der Waals surface area contributed by atoms with Crippen LogP contribution in [0.25, 0.3) is 10.9 Å². The van der Waals surface area contributed by atoms with Gasteiger partial charge in [-0.1, -0.05) is 31.7 Å². The monoisotopic (exact) mass is 788 g/mol. The lowest BCUT2D eigenvalue weighted by atomic mass is 10.0. The van der Waals surface area contributed by atoms with E-state index in [0.717, 1.165) is 82.2 Å². The van der Waals surface area contributed by atoms with Gasteiger partial charge < -0.3 is 20.9 Å². The quantitative estimate of drug-likeness (QED) is 0.103. The Morgan fingerprint density at radius 3 is 2.46 bits per heavy atom. The molecule has 14 nitrogen and oxygen atoms in total. The number of thioether (sulfide) groups is 1. The highest BCUT2D eigenvalue weighted by atomic mass is 32.2. The van der Waals surface area contributed by atoms with Gasteiger partial charge in [0.2, 0.25) is 17.7 Å². The van der Waals surface area contributed by atoms with Gasteiger partial charge in [0.15, 0.2) is 0 Å². The third-order valence-corrected chi connectivity index (χ3v) is 12.5. The molecule has 5 amide bonds. The van der Waals surface area contributed by atoms with Gasteiger partial charge in [0, 0.05) is 42.2 Å². The van der Waals surface area contributed by atoms with Crippen molar-refractivity contribution in [1.82, 2.24) is 30.4 Å². The molecule has 3 aliphatic heterocycles. The van der Waals surface area contributed by atoms with E-state index in [1.54, 1.807) is 36.0 Å². The maximum Gasteiger partial charge on any atom is 0.264 e. The molecule has 4 heterocycles. The molecular weight excluding hydrogens is 740 g/mol. The fourth-order valence-corrected chi connectivity index (χ4v) is 9.21. The number of halogens is 1. The van der Waals surface area contributed by atoms with Crippen LogP contribution in [0.5, 0.6) is 0 Å². The molecule has 0 bridgehead atoms. The predicted molar refractivity (Wildman–Crippen MR) is 212 cm³/mol. The normalized spacial score (nSPS) is 19.4. The number of piperidine rings is 2. The van der Waals surface area contributed by atoms with Crippen LogP contribution in [0.15, 0.2) is 35.1 Å². The lowest BCUT2D eigenvalue weighted by Gasteiger charge is -2.31. The largest absolute Gasteiger partial charge is 0.384 e. The van der Waals surface area contributed by atoms with E-state index in [1.807, 2.05) is 0 Å². The Morgan fingerprint density at radius 2 is 1.70 bits per heavy atom. The van der Waals surface area contributed by atoms with Gasteiger partial charge in [-0.3, -0.25) is 43.9 Å². The molecular formula is C40H49FN8O6S. The van der Waals surface area contributed by atoms with E-state index in [1.165, 1.54) is 6.07 Å². The number of unbranched alkanes of at least 4 members (excludes halogenated alkanes) is 3. The number of anilines is 2. The van der Waals surface area contributed by atoms with E-state index in [2.05, 4.69) is 36.1 Å². The number of aromatic amines is 1. The van der Waals surface area contributed by atoms with E-state index in [0.29, 0.717) is 59.4 Å². The number of imide groups is 2. The summed E-state index contributed by atoms with van der Waals surface area (Å²) in [5.41, 5.74) is 1.62. The summed E-state index contributed by atoms with van der Waals surface area (Å²) in [6, 6.07) is 7.51. The van der Waals surface area contributed by atoms with Crippen LogP contribution in [-0.4, -0.2) is 99.4 Å². The first kappa shape index (κ1) is 39.4. The molecule has 1 aliphatic carbocycles. The summed E-state index contributed by atoms with van der Waals surface area (Å²) in [5.74, 6) is -1.60. The van der Waals surface area contributed by atoms with Crippen LogP contribution in [0.1, 0.15) is 104 Å². The van der Waals surface area contributed by atoms with E-state index in [-0.39, 0.29) is 35.3 Å². The molecule has 1 saturated carbocycles. The minimum Gasteiger partial charge on any atom is -0.384 e. The number of rotatable bonds is 16. The molecule has 1 atom stereocenters. The molecule has 56 heavy (non-hydrogen) atoms. The standard InChI is InChI=1S/C40H49FN8O6S/c41-28-20-25(44-24-8-3-4-9-24)21-30-36(28)38(53)46-32(45-30)23-56-26-14-18-48(19-15-26)22-34(51)43-17-6-2-1-5-16-42-29-11-7-10-27-35(29)40(55)49(39(27)54)31-12-13-33(50)47-37(31)52/h7,10-11,20-21,24,26,31,42,44H,1-6,8-9,12-19,22-23H2,(H,43,51)(H,45,46,53)(H,47,50,52). The Bertz CT molecular complexity index is 2050. The number of nitrogens with one attached hydrogen (secondary N) is 5. The van der Waals surface area contributed by atoms with Crippen molar-refractivity contribution in [3.8, 4) is 0 Å². The summed E-state index contributed by atoms with van der Waals surface area (Å²) in [7, 11) is 0. The van der Waals surface area contributed by atoms with Gasteiger partial charge in [-0.2, -0.15) is 11.8 Å². The Hall–Kier alpha value is -4.83. The van der Waals surface area contributed by atoms with Crippen LogP contribution in [0.2, 0.25) is 0 Å². The van der Waals surface area contributed by atoms with E-state index < -0.39 is 41.0 Å². The lowest BCUT2D eigenvalue weighted by molar-refractivity contribution is -0.136. The third-order valence-electron chi connectivity index (χ3n) is 11.1. The SMILES string of the molecule is O=C(CN1CCC(SCc2nc3cc(NC4CCCC4)cc(F)c3c(=O)[nH]2)CC1)NCCCCCCNc1cccc2c1C(=O)N(C1CCC(=O)NC1=O)C2=O. The first-order valence-corrected chi connectivity index (χ1v) is 20.9. The van der Waals surface area contributed by atoms with Crippen molar-refractivity contribution in [3.63, 3.8) is 0 Å². The van der Waals surface area contributed by atoms with Gasteiger partial charge in [0.25, 0.3) is 17.4 Å². The average molecular weight is 789 g/mol. The number of hydrogen-bond acceptors (Lipinski definition) is 11. The number of hydrogen-bond donors (Lipinski definition) is 5. The van der Waals surface area contributed by atoms with Gasteiger partial charge in [-0.15, -0.1) is 0 Å². The van der Waals surface area contributed by atoms with E-state index >= 15 is 0 Å². The number of fused-ring (bicyclic) bond motifs is 2. The zero-order chi connectivity index (χ0) is 39.2. The summed E-state index contributed by atoms with van der Waals surface area (Å²) < 4.78 is 14.9. The van der Waals surface area contributed by atoms with E-state index in [4.69, 9.17) is 0 Å². The van der Waals surface area contributed by atoms with Gasteiger partial charge >= 0.3 is 0 Å². The molecule has 16 heteroatoms. The van der Waals surface area contributed by atoms with Crippen molar-refractivity contribution in [1.29, 1.82) is 0 Å². The molecule has 0 spiro atoms. The lowest BCUT2D eigenvalue weighted by Crippen LogP contribution is -2.54. The van der Waals surface area contributed by atoms with Crippen molar-refractivity contribution < 1.29 is 28.4 Å². The molecule has 1 aromatic heterocycles. The Balaban J connectivity index is 0.764. The molecule has 1 unspecified atom stereocenters. The molecule has 0 radical (unpaired) electrons. The zero-order valence-electron chi connectivity index (χ0n) is 31.4. The second-order valence-electron chi connectivity index (χ2n) is 15.1. The number of H-pyrrole nitrogens is 1. The first-order chi connectivity index (χ1) is 27.1. The Morgan fingerprint density at radius 1 is 0.929 bits per heavy atom. The molecule has 298 valence electrons. The van der Waals surface area contributed by atoms with Crippen LogP contribution in [0.3, 0.4) is 0 Å². The van der Waals surface area contributed by atoms with Crippen LogP contribution in [0.4, 0.5) is 15.8 Å². The molecule has 3 fully saturated rings.